The van der Waals surface area contributed by atoms with Crippen LogP contribution < -0.4 is 10.2 Å². The lowest BCUT2D eigenvalue weighted by atomic mass is 10.3. The number of aromatic nitrogens is 1. The Bertz CT molecular complexity index is 374. The van der Waals surface area contributed by atoms with Crippen molar-refractivity contribution in [1.29, 1.82) is 0 Å². The van der Waals surface area contributed by atoms with Gasteiger partial charge >= 0.3 is 0 Å². The van der Waals surface area contributed by atoms with Gasteiger partial charge in [-0.05, 0) is 38.9 Å². The summed E-state index contributed by atoms with van der Waals surface area (Å²) in [6.07, 6.45) is 1.15. The minimum atomic E-state index is 0.840. The second kappa shape index (κ2) is 7.88. The fraction of sp³-hybridized carbons (Fsp3) is 0.533. The number of rotatable bonds is 8. The van der Waals surface area contributed by atoms with Gasteiger partial charge in [0.05, 0.1) is 5.69 Å². The van der Waals surface area contributed by atoms with Gasteiger partial charge in [0.2, 0.25) is 0 Å². The predicted molar refractivity (Wildman–Crippen MR) is 78.9 cm³/mol. The number of hydrogen-bond acceptors (Lipinski definition) is 3. The van der Waals surface area contributed by atoms with Gasteiger partial charge in [-0.2, -0.15) is 0 Å². The average Bonchev–Trinajstić information content (AvgIpc) is 2.36. The standard InChI is InChI=1S/C15H25N3/c1-5-10-16-11-14-8-7-9-15(17-14)18(6-2)12-13(3)4/h7-9,16H,3,5-6,10-12H2,1-2,4H3. The van der Waals surface area contributed by atoms with Crippen LogP contribution in [0.25, 0.3) is 0 Å². The minimum Gasteiger partial charge on any atom is -0.353 e. The van der Waals surface area contributed by atoms with E-state index in [-0.39, 0.29) is 0 Å². The van der Waals surface area contributed by atoms with Crippen LogP contribution in [0.2, 0.25) is 0 Å². The van der Waals surface area contributed by atoms with Crippen molar-refractivity contribution >= 4 is 5.82 Å². The van der Waals surface area contributed by atoms with Gasteiger partial charge in [-0.1, -0.05) is 25.1 Å². The van der Waals surface area contributed by atoms with Gasteiger partial charge in [0, 0.05) is 19.6 Å². The Hall–Kier alpha value is -1.35. The molecule has 0 aliphatic carbocycles. The van der Waals surface area contributed by atoms with E-state index in [0.29, 0.717) is 0 Å². The van der Waals surface area contributed by atoms with Gasteiger partial charge < -0.3 is 10.2 Å². The van der Waals surface area contributed by atoms with Crippen molar-refractivity contribution in [3.63, 3.8) is 0 Å². The molecule has 0 unspecified atom stereocenters. The molecule has 3 heteroatoms. The van der Waals surface area contributed by atoms with Crippen LogP contribution in [0.5, 0.6) is 0 Å². The van der Waals surface area contributed by atoms with Gasteiger partial charge in [0.25, 0.3) is 0 Å². The Kier molecular flexibility index (Phi) is 6.44. The van der Waals surface area contributed by atoms with Crippen molar-refractivity contribution in [2.24, 2.45) is 0 Å². The highest BCUT2D eigenvalue weighted by Crippen LogP contribution is 2.12. The molecule has 18 heavy (non-hydrogen) atoms. The molecule has 1 rings (SSSR count). The normalized spacial score (nSPS) is 10.4. The van der Waals surface area contributed by atoms with Crippen LogP contribution in [-0.2, 0) is 6.54 Å². The number of anilines is 1. The molecule has 0 radical (unpaired) electrons. The van der Waals surface area contributed by atoms with Crippen molar-refractivity contribution in [3.05, 3.63) is 36.0 Å². The molecular formula is C15H25N3. The SMILES string of the molecule is C=C(C)CN(CC)c1cccc(CNCCC)n1. The lowest BCUT2D eigenvalue weighted by molar-refractivity contribution is 0.663. The molecule has 1 N–H and O–H groups in total. The molecule has 0 fully saturated rings. The minimum absolute atomic E-state index is 0.840. The summed E-state index contributed by atoms with van der Waals surface area (Å²) in [6, 6.07) is 6.21. The molecule has 0 amide bonds. The largest absolute Gasteiger partial charge is 0.353 e. The summed E-state index contributed by atoms with van der Waals surface area (Å²) in [7, 11) is 0. The van der Waals surface area contributed by atoms with Crippen molar-refractivity contribution in [2.75, 3.05) is 24.5 Å². The van der Waals surface area contributed by atoms with Gasteiger partial charge in [0.15, 0.2) is 0 Å². The third-order valence-corrected chi connectivity index (χ3v) is 2.69. The summed E-state index contributed by atoms with van der Waals surface area (Å²) in [5, 5.41) is 3.38. The van der Waals surface area contributed by atoms with Crippen LogP contribution in [0, 0.1) is 0 Å². The number of nitrogens with zero attached hydrogens (tertiary/aromatic N) is 2. The molecule has 0 aliphatic rings. The van der Waals surface area contributed by atoms with Crippen LogP contribution >= 0.6 is 0 Å². The van der Waals surface area contributed by atoms with E-state index in [1.807, 2.05) is 0 Å². The molecule has 1 aromatic rings. The first-order chi connectivity index (χ1) is 8.67. The summed E-state index contributed by atoms with van der Waals surface area (Å²) >= 11 is 0. The summed E-state index contributed by atoms with van der Waals surface area (Å²) < 4.78 is 0. The third-order valence-electron chi connectivity index (χ3n) is 2.69. The maximum atomic E-state index is 4.69. The van der Waals surface area contributed by atoms with Gasteiger partial charge in [-0.3, -0.25) is 0 Å². The summed E-state index contributed by atoms with van der Waals surface area (Å²) in [5.74, 6) is 1.04. The fourth-order valence-corrected chi connectivity index (χ4v) is 1.82. The van der Waals surface area contributed by atoms with E-state index in [1.54, 1.807) is 0 Å². The van der Waals surface area contributed by atoms with Crippen LogP contribution in [0.3, 0.4) is 0 Å². The van der Waals surface area contributed by atoms with Crippen molar-refractivity contribution in [1.82, 2.24) is 10.3 Å². The molecule has 0 aliphatic heterocycles. The number of hydrogen-bond donors (Lipinski definition) is 1. The molecule has 0 spiro atoms. The van der Waals surface area contributed by atoms with Crippen molar-refractivity contribution < 1.29 is 0 Å². The van der Waals surface area contributed by atoms with Crippen LogP contribution in [0.4, 0.5) is 5.82 Å². The Morgan fingerprint density at radius 1 is 1.39 bits per heavy atom. The maximum absolute atomic E-state index is 4.69. The van der Waals surface area contributed by atoms with Crippen LogP contribution in [0.1, 0.15) is 32.9 Å². The van der Waals surface area contributed by atoms with E-state index in [2.05, 4.69) is 55.8 Å². The molecule has 0 bridgehead atoms. The van der Waals surface area contributed by atoms with Crippen LogP contribution in [-0.4, -0.2) is 24.6 Å². The van der Waals surface area contributed by atoms with E-state index in [4.69, 9.17) is 4.98 Å². The molecule has 0 aromatic carbocycles. The summed E-state index contributed by atoms with van der Waals surface area (Å²) in [4.78, 5) is 6.93. The summed E-state index contributed by atoms with van der Waals surface area (Å²) in [5.41, 5.74) is 2.26. The predicted octanol–water partition coefficient (Wildman–Crippen LogP) is 2.98. The molecule has 0 saturated carbocycles. The molecule has 1 heterocycles. The topological polar surface area (TPSA) is 28.2 Å². The highest BCUT2D eigenvalue weighted by molar-refractivity contribution is 5.40. The molecule has 0 saturated heterocycles. The highest BCUT2D eigenvalue weighted by atomic mass is 15.2. The van der Waals surface area contributed by atoms with Gasteiger partial charge in [0.1, 0.15) is 5.82 Å². The first-order valence-corrected chi connectivity index (χ1v) is 6.73. The zero-order valence-corrected chi connectivity index (χ0v) is 11.9. The van der Waals surface area contributed by atoms with E-state index in [0.717, 1.165) is 49.7 Å². The Morgan fingerprint density at radius 2 is 2.17 bits per heavy atom. The average molecular weight is 247 g/mol. The van der Waals surface area contributed by atoms with E-state index < -0.39 is 0 Å². The zero-order valence-electron chi connectivity index (χ0n) is 11.9. The fourth-order valence-electron chi connectivity index (χ4n) is 1.82. The van der Waals surface area contributed by atoms with E-state index in [1.165, 1.54) is 0 Å². The molecule has 1 aromatic heterocycles. The molecule has 3 nitrogen and oxygen atoms in total. The molecular weight excluding hydrogens is 222 g/mol. The second-order valence-electron chi connectivity index (χ2n) is 4.64. The van der Waals surface area contributed by atoms with Crippen molar-refractivity contribution in [2.45, 2.75) is 33.7 Å². The van der Waals surface area contributed by atoms with Gasteiger partial charge in [-0.25, -0.2) is 4.98 Å². The monoisotopic (exact) mass is 247 g/mol. The van der Waals surface area contributed by atoms with Crippen LogP contribution in [0.15, 0.2) is 30.4 Å². The van der Waals surface area contributed by atoms with E-state index in [9.17, 15) is 0 Å². The number of nitrogens with one attached hydrogen (secondary N) is 1. The van der Waals surface area contributed by atoms with Gasteiger partial charge in [-0.15, -0.1) is 0 Å². The number of pyridine rings is 1. The Balaban J connectivity index is 2.69. The lowest BCUT2D eigenvalue weighted by Gasteiger charge is -2.22. The Morgan fingerprint density at radius 3 is 2.78 bits per heavy atom. The lowest BCUT2D eigenvalue weighted by Crippen LogP contribution is -2.26. The number of likely N-dealkylation sites (N-methyl/N-ethyl adjacent to an activating group) is 1. The highest BCUT2D eigenvalue weighted by Gasteiger charge is 2.06. The molecule has 0 atom stereocenters. The zero-order chi connectivity index (χ0) is 13.4. The smallest absolute Gasteiger partial charge is 0.129 e. The maximum Gasteiger partial charge on any atom is 0.129 e. The molecule has 100 valence electrons. The summed E-state index contributed by atoms with van der Waals surface area (Å²) in [6.45, 7) is 14.0. The third kappa shape index (κ3) is 4.88. The first kappa shape index (κ1) is 14.7. The first-order valence-electron chi connectivity index (χ1n) is 6.73. The van der Waals surface area contributed by atoms with Crippen molar-refractivity contribution in [3.8, 4) is 0 Å². The van der Waals surface area contributed by atoms with E-state index >= 15 is 0 Å². The quantitative estimate of drug-likeness (QED) is 0.565. The second-order valence-corrected chi connectivity index (χ2v) is 4.64. The Labute approximate surface area is 111 Å².